The van der Waals surface area contributed by atoms with E-state index in [4.69, 9.17) is 0 Å². The van der Waals surface area contributed by atoms with Gasteiger partial charge in [0.15, 0.2) is 0 Å². The Morgan fingerprint density at radius 3 is 1.50 bits per heavy atom. The predicted molar refractivity (Wildman–Crippen MR) is 35.5 cm³/mol. The van der Waals surface area contributed by atoms with Gasteiger partial charge in [0.1, 0.15) is 0 Å². The fourth-order valence-corrected chi connectivity index (χ4v) is 0.866. The molecule has 0 spiro atoms. The summed E-state index contributed by atoms with van der Waals surface area (Å²) in [6.07, 6.45) is 0. The van der Waals surface area contributed by atoms with Gasteiger partial charge in [-0.3, -0.25) is 0 Å². The molecule has 0 heterocycles. The summed E-state index contributed by atoms with van der Waals surface area (Å²) >= 11 is 0.815. The average molecular weight is 118 g/mol. The molecule has 2 heteroatoms. The maximum Gasteiger partial charge on any atom is -0.813 e. The van der Waals surface area contributed by atoms with Crippen molar-refractivity contribution in [1.29, 1.82) is 0 Å². The van der Waals surface area contributed by atoms with Crippen molar-refractivity contribution in [2.75, 3.05) is 0 Å². The van der Waals surface area contributed by atoms with Crippen molar-refractivity contribution >= 4 is 28.7 Å². The van der Waals surface area contributed by atoms with Gasteiger partial charge in [0.05, 0.1) is 0 Å². The second-order valence-corrected chi connectivity index (χ2v) is 3.32. The van der Waals surface area contributed by atoms with Crippen molar-refractivity contribution in [3.63, 3.8) is 0 Å². The minimum atomic E-state index is 0. The maximum absolute atomic E-state index is 2.25. The second kappa shape index (κ2) is 9.30. The molecular weight excluding hydrogens is 107 g/mol. The third-order valence-corrected chi connectivity index (χ3v) is 1.73. The van der Waals surface area contributed by atoms with E-state index in [1.54, 1.807) is 0 Å². The molecule has 0 aliphatic heterocycles. The Labute approximate surface area is 53.5 Å². The fraction of sp³-hybridized carbons (Fsp3) is 1.00. The first kappa shape index (κ1) is 9.99. The molecule has 0 aromatic heterocycles. The van der Waals surface area contributed by atoms with Crippen molar-refractivity contribution in [3.05, 3.63) is 0 Å². The van der Waals surface area contributed by atoms with Crippen LogP contribution in [-0.2, 0) is 13.5 Å². The molecule has 0 N–H and O–H groups in total. The van der Waals surface area contributed by atoms with Crippen LogP contribution < -0.4 is 0 Å². The Morgan fingerprint density at radius 1 is 1.17 bits per heavy atom. The third-order valence-electron chi connectivity index (χ3n) is 0.577. The fourth-order valence-electron chi connectivity index (χ4n) is 0.289. The Morgan fingerprint density at radius 2 is 1.50 bits per heavy atom. The summed E-state index contributed by atoms with van der Waals surface area (Å²) in [5.74, 6) is 0. The minimum Gasteiger partial charge on any atom is -0.813 e. The third kappa shape index (κ3) is 8.86. The van der Waals surface area contributed by atoms with Crippen molar-refractivity contribution in [2.45, 2.75) is 24.4 Å². The summed E-state index contributed by atoms with van der Waals surface area (Å²) in [6, 6.07) is 0. The number of rotatable bonds is 2. The van der Waals surface area contributed by atoms with Gasteiger partial charge >= 0.3 is 39.6 Å². The first-order valence-electron chi connectivity index (χ1n) is 2.23. The molecule has 0 fully saturated rings. The Kier molecular flexibility index (Phi) is 15.5. The van der Waals surface area contributed by atoms with Crippen LogP contribution in [0.3, 0.4) is 0 Å². The van der Waals surface area contributed by atoms with Crippen LogP contribution in [0.1, 0.15) is 13.8 Å². The van der Waals surface area contributed by atoms with Crippen LogP contribution in [-0.4, -0.2) is 15.2 Å². The second-order valence-electron chi connectivity index (χ2n) is 1.11. The molecule has 0 aliphatic rings. The molecule has 0 atom stereocenters. The van der Waals surface area contributed by atoms with E-state index in [2.05, 4.69) is 13.8 Å². The molecule has 0 radical (unpaired) electrons. The van der Waals surface area contributed by atoms with Gasteiger partial charge in [-0.2, -0.15) is 0 Å². The smallest absolute Gasteiger partial charge is 0.813 e. The predicted octanol–water partition coefficient (Wildman–Crippen LogP) is 1.30. The number of hydrogen-bond donors (Lipinski definition) is 0. The van der Waals surface area contributed by atoms with Crippen LogP contribution in [0.25, 0.3) is 0 Å². The maximum atomic E-state index is 2.25. The van der Waals surface area contributed by atoms with Crippen LogP contribution in [0.15, 0.2) is 0 Å². The van der Waals surface area contributed by atoms with Crippen LogP contribution in [0.5, 0.6) is 0 Å². The number of hydrogen-bond acceptors (Lipinski definition) is 1. The molecule has 36 valence electrons. The van der Waals surface area contributed by atoms with E-state index < -0.39 is 0 Å². The van der Waals surface area contributed by atoms with Crippen molar-refractivity contribution < 1.29 is 0 Å². The zero-order valence-electron chi connectivity index (χ0n) is 4.44. The average Bonchev–Trinajstić information content (AvgIpc) is 1.41. The zero-order valence-corrected chi connectivity index (χ0v) is 6.49. The summed E-state index contributed by atoms with van der Waals surface area (Å²) in [4.78, 5) is 0. The Balaban J connectivity index is 0. The van der Waals surface area contributed by atoms with Gasteiger partial charge in [0.2, 0.25) is 0 Å². The van der Waals surface area contributed by atoms with E-state index in [1.165, 1.54) is 10.6 Å². The molecule has 0 saturated heterocycles. The molecule has 0 bridgehead atoms. The van der Waals surface area contributed by atoms with Crippen molar-refractivity contribution in [3.8, 4) is 0 Å². The molecule has 0 amide bonds. The molecule has 0 aromatic rings. The molecule has 6 heavy (non-hydrogen) atoms. The molecule has 0 rings (SSSR count). The standard InChI is InChI=1S/2C2H5.Al.H2S/c2*1-2;;/h2*1H2,2H3;;1H2/q;;+1;/p-1. The van der Waals surface area contributed by atoms with E-state index in [1.807, 2.05) is 0 Å². The SMILES string of the molecule is C[CH2][Al+][CH2]C.[SH-]. The molecule has 0 aromatic carbocycles. The summed E-state index contributed by atoms with van der Waals surface area (Å²) in [6.45, 7) is 4.50. The summed E-state index contributed by atoms with van der Waals surface area (Å²) in [5.41, 5.74) is 0. The Hall–Kier alpha value is 0.882. The molecule has 0 nitrogen and oxygen atoms in total. The van der Waals surface area contributed by atoms with Gasteiger partial charge in [0.25, 0.3) is 0 Å². The molecule has 0 unspecified atom stereocenters. The van der Waals surface area contributed by atoms with Crippen LogP contribution in [0.2, 0.25) is 10.6 Å². The van der Waals surface area contributed by atoms with Gasteiger partial charge in [0, 0.05) is 0 Å². The van der Waals surface area contributed by atoms with E-state index in [0.29, 0.717) is 0 Å². The number of thiol groups is 1. The van der Waals surface area contributed by atoms with Crippen LogP contribution in [0.4, 0.5) is 0 Å². The molecular formula is C4H11AlS. The summed E-state index contributed by atoms with van der Waals surface area (Å²) in [5, 5.41) is 2.85. The van der Waals surface area contributed by atoms with Crippen LogP contribution in [0, 0.1) is 0 Å². The largest absolute Gasteiger partial charge is 0.813 e. The van der Waals surface area contributed by atoms with Gasteiger partial charge < -0.3 is 13.5 Å². The van der Waals surface area contributed by atoms with Crippen LogP contribution >= 0.6 is 0 Å². The first-order valence-corrected chi connectivity index (χ1v) is 3.86. The van der Waals surface area contributed by atoms with Gasteiger partial charge in [-0.05, 0) is 0 Å². The van der Waals surface area contributed by atoms with Crippen molar-refractivity contribution in [2.24, 2.45) is 0 Å². The monoisotopic (exact) mass is 118 g/mol. The molecule has 0 saturated carbocycles. The van der Waals surface area contributed by atoms with Gasteiger partial charge in [-0.15, -0.1) is 0 Å². The summed E-state index contributed by atoms with van der Waals surface area (Å²) < 4.78 is 0. The minimum absolute atomic E-state index is 0. The van der Waals surface area contributed by atoms with E-state index in [9.17, 15) is 0 Å². The van der Waals surface area contributed by atoms with E-state index in [-0.39, 0.29) is 13.5 Å². The van der Waals surface area contributed by atoms with Crippen molar-refractivity contribution in [1.82, 2.24) is 0 Å². The summed E-state index contributed by atoms with van der Waals surface area (Å²) in [7, 11) is 0. The zero-order chi connectivity index (χ0) is 4.12. The quantitative estimate of drug-likeness (QED) is 0.299. The first-order chi connectivity index (χ1) is 2.41. The topological polar surface area (TPSA) is 0 Å². The van der Waals surface area contributed by atoms with E-state index >= 15 is 0 Å². The Bertz CT molecular complexity index is 15.0. The normalized spacial score (nSPS) is 5.67. The van der Waals surface area contributed by atoms with E-state index in [0.717, 1.165) is 15.2 Å². The van der Waals surface area contributed by atoms with Gasteiger partial charge in [-0.1, -0.05) is 0 Å². The molecule has 0 aliphatic carbocycles. The van der Waals surface area contributed by atoms with Gasteiger partial charge in [-0.25, -0.2) is 0 Å².